The second-order valence-electron chi connectivity index (χ2n) is 7.66. The first kappa shape index (κ1) is 19.7. The summed E-state index contributed by atoms with van der Waals surface area (Å²) < 4.78 is 41.9. The molecule has 1 aliphatic heterocycles. The van der Waals surface area contributed by atoms with Crippen LogP contribution in [0.4, 0.5) is 13.2 Å². The number of ether oxygens (including phenoxy) is 1. The minimum absolute atomic E-state index is 0.00294. The van der Waals surface area contributed by atoms with Crippen molar-refractivity contribution in [2.75, 3.05) is 6.61 Å². The fourth-order valence-corrected chi connectivity index (χ4v) is 4.32. The number of alkyl halides is 3. The maximum absolute atomic E-state index is 12.7. The molecule has 0 unspecified atom stereocenters. The lowest BCUT2D eigenvalue weighted by Gasteiger charge is -2.37. The molecule has 7 heteroatoms. The van der Waals surface area contributed by atoms with E-state index in [-0.39, 0.29) is 17.2 Å². The summed E-state index contributed by atoms with van der Waals surface area (Å²) in [7, 11) is 0. The Morgan fingerprint density at radius 3 is 2.26 bits per heavy atom. The van der Waals surface area contributed by atoms with Crippen molar-refractivity contribution in [1.29, 1.82) is 0 Å². The second-order valence-corrected chi connectivity index (χ2v) is 7.66. The zero-order valence-corrected chi connectivity index (χ0v) is 15.7. The average molecular weight is 383 g/mol. The van der Waals surface area contributed by atoms with E-state index in [1.807, 2.05) is 32.9 Å². The predicted molar refractivity (Wildman–Crippen MR) is 95.3 cm³/mol. The molecule has 1 heterocycles. The minimum atomic E-state index is -4.35. The van der Waals surface area contributed by atoms with Crippen molar-refractivity contribution < 1.29 is 27.8 Å². The molecular formula is C20H24F3NO3. The molecule has 148 valence electrons. The first-order chi connectivity index (χ1) is 12.5. The lowest BCUT2D eigenvalue weighted by Crippen LogP contribution is -2.48. The molecule has 1 aromatic rings. The first-order valence-electron chi connectivity index (χ1n) is 9.05. The number of hydrogen-bond acceptors (Lipinski definition) is 3. The van der Waals surface area contributed by atoms with Gasteiger partial charge in [-0.25, -0.2) is 0 Å². The largest absolute Gasteiger partial charge is 0.509 e. The quantitative estimate of drug-likeness (QED) is 0.820. The van der Waals surface area contributed by atoms with Gasteiger partial charge in [-0.2, -0.15) is 13.2 Å². The third-order valence-corrected chi connectivity index (χ3v) is 5.47. The molecule has 1 amide bonds. The zero-order chi connectivity index (χ0) is 20.0. The van der Waals surface area contributed by atoms with Crippen LogP contribution in [0.1, 0.15) is 47.9 Å². The molecule has 1 aliphatic carbocycles. The molecule has 0 bridgehead atoms. The average Bonchev–Trinajstić information content (AvgIpc) is 2.77. The van der Waals surface area contributed by atoms with Crippen molar-refractivity contribution in [1.82, 2.24) is 5.32 Å². The number of carbonyl (C=O) groups is 1. The number of benzene rings is 1. The number of carbonyl (C=O) groups excluding carboxylic acids is 1. The van der Waals surface area contributed by atoms with Gasteiger partial charge in [0.05, 0.1) is 17.2 Å². The van der Waals surface area contributed by atoms with Gasteiger partial charge in [-0.15, -0.1) is 0 Å². The molecule has 0 saturated heterocycles. The highest BCUT2D eigenvalue weighted by atomic mass is 19.4. The maximum Gasteiger partial charge on any atom is 0.411 e. The summed E-state index contributed by atoms with van der Waals surface area (Å²) in [5.74, 6) is -0.339. The highest BCUT2D eigenvalue weighted by Gasteiger charge is 2.48. The molecule has 3 rings (SSSR count). The number of aliphatic hydroxyl groups is 1. The van der Waals surface area contributed by atoms with E-state index < -0.39 is 24.4 Å². The fourth-order valence-electron chi connectivity index (χ4n) is 4.32. The van der Waals surface area contributed by atoms with Gasteiger partial charge in [-0.3, -0.25) is 4.79 Å². The van der Waals surface area contributed by atoms with Gasteiger partial charge in [0.2, 0.25) is 0 Å². The Labute approximate surface area is 156 Å². The van der Waals surface area contributed by atoms with Crippen LogP contribution in [0.25, 0.3) is 5.57 Å². The van der Waals surface area contributed by atoms with Crippen molar-refractivity contribution in [3.63, 3.8) is 0 Å². The zero-order valence-electron chi connectivity index (χ0n) is 15.7. The molecule has 2 aliphatic rings. The van der Waals surface area contributed by atoms with Gasteiger partial charge in [0.25, 0.3) is 5.91 Å². The molecule has 0 atom stereocenters. The number of halogens is 3. The number of aryl methyl sites for hydroxylation is 3. The minimum Gasteiger partial charge on any atom is -0.509 e. The van der Waals surface area contributed by atoms with Gasteiger partial charge < -0.3 is 15.2 Å². The molecule has 1 fully saturated rings. The normalized spacial score (nSPS) is 26.0. The van der Waals surface area contributed by atoms with Crippen LogP contribution in [0.5, 0.6) is 0 Å². The van der Waals surface area contributed by atoms with Gasteiger partial charge in [-0.1, -0.05) is 17.7 Å². The van der Waals surface area contributed by atoms with Crippen LogP contribution in [-0.2, 0) is 9.53 Å². The standard InChI is InChI=1S/C20H24F3NO3/c1-11-8-12(2)15(13(3)9-11)16-17(25)19(24-18(16)26)6-4-14(5-7-19)27-10-20(21,22)23/h8-9,14,25H,4-7,10H2,1-3H3,(H,24,26). The molecule has 1 aromatic carbocycles. The third kappa shape index (κ3) is 3.83. The smallest absolute Gasteiger partial charge is 0.411 e. The van der Waals surface area contributed by atoms with Crippen LogP contribution in [0.2, 0.25) is 0 Å². The van der Waals surface area contributed by atoms with E-state index in [2.05, 4.69) is 5.32 Å². The first-order valence-corrected chi connectivity index (χ1v) is 9.05. The molecule has 4 nitrogen and oxygen atoms in total. The lowest BCUT2D eigenvalue weighted by molar-refractivity contribution is -0.188. The van der Waals surface area contributed by atoms with E-state index in [0.29, 0.717) is 25.7 Å². The lowest BCUT2D eigenvalue weighted by atomic mass is 9.79. The Bertz CT molecular complexity index is 767. The molecule has 2 N–H and O–H groups in total. The maximum atomic E-state index is 12.7. The van der Waals surface area contributed by atoms with Crippen molar-refractivity contribution in [2.24, 2.45) is 0 Å². The highest BCUT2D eigenvalue weighted by Crippen LogP contribution is 2.43. The Hall–Kier alpha value is -2.02. The van der Waals surface area contributed by atoms with Crippen LogP contribution >= 0.6 is 0 Å². The third-order valence-electron chi connectivity index (χ3n) is 5.47. The Morgan fingerprint density at radius 2 is 1.74 bits per heavy atom. The summed E-state index contributed by atoms with van der Waals surface area (Å²) in [5, 5.41) is 13.8. The van der Waals surface area contributed by atoms with E-state index >= 15 is 0 Å². The molecule has 0 radical (unpaired) electrons. The molecular weight excluding hydrogens is 359 g/mol. The van der Waals surface area contributed by atoms with Gasteiger partial charge in [0.1, 0.15) is 12.4 Å². The Balaban J connectivity index is 1.83. The van der Waals surface area contributed by atoms with Crippen LogP contribution in [0.3, 0.4) is 0 Å². The van der Waals surface area contributed by atoms with E-state index in [0.717, 1.165) is 22.3 Å². The molecule has 1 saturated carbocycles. The summed E-state index contributed by atoms with van der Waals surface area (Å²) in [6.45, 7) is 4.49. The number of nitrogens with one attached hydrogen (secondary N) is 1. The number of amides is 1. The van der Waals surface area contributed by atoms with E-state index in [1.54, 1.807) is 0 Å². The predicted octanol–water partition coefficient (Wildman–Crippen LogP) is 4.27. The van der Waals surface area contributed by atoms with Gasteiger partial charge in [-0.05, 0) is 63.1 Å². The summed E-state index contributed by atoms with van der Waals surface area (Å²) >= 11 is 0. The van der Waals surface area contributed by atoms with Crippen molar-refractivity contribution in [3.05, 3.63) is 40.1 Å². The SMILES string of the molecule is Cc1cc(C)c(C2=C(O)C3(CCC(OCC(F)(F)F)CC3)NC2=O)c(C)c1. The van der Waals surface area contributed by atoms with Crippen molar-refractivity contribution >= 4 is 11.5 Å². The summed E-state index contributed by atoms with van der Waals surface area (Å²) in [6.07, 6.45) is -3.49. The van der Waals surface area contributed by atoms with E-state index in [9.17, 15) is 23.1 Å². The number of rotatable bonds is 3. The summed E-state index contributed by atoms with van der Waals surface area (Å²) in [6, 6.07) is 3.92. The summed E-state index contributed by atoms with van der Waals surface area (Å²) in [4.78, 5) is 12.7. The molecule has 27 heavy (non-hydrogen) atoms. The van der Waals surface area contributed by atoms with E-state index in [1.165, 1.54) is 0 Å². The van der Waals surface area contributed by atoms with Gasteiger partial charge in [0.15, 0.2) is 0 Å². The summed E-state index contributed by atoms with van der Waals surface area (Å²) in [5.41, 5.74) is 2.98. The van der Waals surface area contributed by atoms with Gasteiger partial charge in [0, 0.05) is 0 Å². The number of hydrogen-bond donors (Lipinski definition) is 2. The van der Waals surface area contributed by atoms with Crippen LogP contribution in [-0.4, -0.2) is 35.4 Å². The molecule has 1 spiro atoms. The fraction of sp³-hybridized carbons (Fsp3) is 0.550. The highest BCUT2D eigenvalue weighted by molar-refractivity contribution is 6.24. The Kier molecular flexibility index (Phi) is 5.01. The second kappa shape index (κ2) is 6.86. The van der Waals surface area contributed by atoms with Gasteiger partial charge >= 0.3 is 6.18 Å². The van der Waals surface area contributed by atoms with E-state index in [4.69, 9.17) is 4.74 Å². The number of aliphatic hydroxyl groups excluding tert-OH is 1. The van der Waals surface area contributed by atoms with Crippen LogP contribution in [0.15, 0.2) is 17.9 Å². The van der Waals surface area contributed by atoms with Crippen LogP contribution < -0.4 is 5.32 Å². The van der Waals surface area contributed by atoms with Crippen LogP contribution in [0, 0.1) is 20.8 Å². The van der Waals surface area contributed by atoms with Crippen molar-refractivity contribution in [2.45, 2.75) is 64.3 Å². The topological polar surface area (TPSA) is 58.6 Å². The van der Waals surface area contributed by atoms with Crippen molar-refractivity contribution in [3.8, 4) is 0 Å². The monoisotopic (exact) mass is 383 g/mol. The Morgan fingerprint density at radius 1 is 1.19 bits per heavy atom. The molecule has 0 aromatic heterocycles.